The van der Waals surface area contributed by atoms with Crippen molar-refractivity contribution < 1.29 is 17.9 Å². The van der Waals surface area contributed by atoms with Gasteiger partial charge in [0.05, 0.1) is 6.54 Å². The molecule has 96 valence electrons. The number of furan rings is 1. The summed E-state index contributed by atoms with van der Waals surface area (Å²) in [6.45, 7) is -2.36. The summed E-state index contributed by atoms with van der Waals surface area (Å²) in [5.41, 5.74) is 0.681. The minimum atomic E-state index is -2.82. The van der Waals surface area contributed by atoms with E-state index in [1.165, 1.54) is 12.1 Å². The van der Waals surface area contributed by atoms with Crippen molar-refractivity contribution in [3.05, 3.63) is 46.8 Å². The molecule has 0 aliphatic carbocycles. The molecule has 6 heteroatoms. The van der Waals surface area contributed by atoms with Crippen molar-refractivity contribution >= 4 is 21.6 Å². The van der Waals surface area contributed by atoms with Gasteiger partial charge in [-0.05, 0) is 40.2 Å². The first kappa shape index (κ1) is 12.9. The van der Waals surface area contributed by atoms with Gasteiger partial charge in [0, 0.05) is 11.8 Å². The van der Waals surface area contributed by atoms with Crippen LogP contribution in [0.4, 0.5) is 14.5 Å². The summed E-state index contributed by atoms with van der Waals surface area (Å²) in [5, 5.41) is 3.05. The summed E-state index contributed by atoms with van der Waals surface area (Å²) >= 11 is 3.20. The Morgan fingerprint density at radius 2 is 2.11 bits per heavy atom. The van der Waals surface area contributed by atoms with Gasteiger partial charge in [-0.3, -0.25) is 0 Å². The monoisotopic (exact) mass is 317 g/mol. The van der Waals surface area contributed by atoms with Crippen LogP contribution in [0, 0.1) is 0 Å². The average Bonchev–Trinajstić information content (AvgIpc) is 2.72. The van der Waals surface area contributed by atoms with Crippen LogP contribution >= 0.6 is 15.9 Å². The number of hydrogen-bond donors (Lipinski definition) is 1. The smallest absolute Gasteiger partial charge is 0.387 e. The Morgan fingerprint density at radius 3 is 2.78 bits per heavy atom. The van der Waals surface area contributed by atoms with Crippen LogP contribution in [0.2, 0.25) is 0 Å². The Kier molecular flexibility index (Phi) is 4.19. The van der Waals surface area contributed by atoms with E-state index in [0.717, 1.165) is 5.76 Å². The summed E-state index contributed by atoms with van der Waals surface area (Å²) in [5.74, 6) is 0.859. The molecule has 2 aromatic rings. The van der Waals surface area contributed by atoms with Crippen LogP contribution in [-0.4, -0.2) is 6.61 Å². The quantitative estimate of drug-likeness (QED) is 0.895. The van der Waals surface area contributed by atoms with Crippen LogP contribution in [0.1, 0.15) is 5.76 Å². The zero-order chi connectivity index (χ0) is 13.0. The van der Waals surface area contributed by atoms with Crippen molar-refractivity contribution in [3.63, 3.8) is 0 Å². The number of alkyl halides is 2. The van der Waals surface area contributed by atoms with E-state index in [-0.39, 0.29) is 5.75 Å². The summed E-state index contributed by atoms with van der Waals surface area (Å²) in [6, 6.07) is 9.98. The molecule has 0 saturated heterocycles. The molecular weight excluding hydrogens is 308 g/mol. The molecule has 0 spiro atoms. The molecule has 2 rings (SSSR count). The normalized spacial score (nSPS) is 10.7. The van der Waals surface area contributed by atoms with E-state index in [4.69, 9.17) is 4.42 Å². The van der Waals surface area contributed by atoms with E-state index in [0.29, 0.717) is 16.9 Å². The van der Waals surface area contributed by atoms with E-state index >= 15 is 0 Å². The number of benzene rings is 1. The fourth-order valence-corrected chi connectivity index (χ4v) is 1.76. The molecule has 1 aromatic carbocycles. The van der Waals surface area contributed by atoms with E-state index in [9.17, 15) is 8.78 Å². The fraction of sp³-hybridized carbons (Fsp3) is 0.167. The van der Waals surface area contributed by atoms with Gasteiger partial charge in [0.25, 0.3) is 0 Å². The lowest BCUT2D eigenvalue weighted by molar-refractivity contribution is -0.0498. The van der Waals surface area contributed by atoms with Crippen molar-refractivity contribution in [2.45, 2.75) is 13.2 Å². The molecule has 0 bridgehead atoms. The van der Waals surface area contributed by atoms with Crippen molar-refractivity contribution in [3.8, 4) is 5.75 Å². The molecule has 0 aliphatic rings. The minimum Gasteiger partial charge on any atom is -0.452 e. The molecular formula is C12H10BrF2NO2. The average molecular weight is 318 g/mol. The Bertz CT molecular complexity index is 516. The lowest BCUT2D eigenvalue weighted by atomic mass is 10.3. The molecule has 1 aromatic heterocycles. The number of halogens is 3. The second kappa shape index (κ2) is 5.86. The van der Waals surface area contributed by atoms with Crippen LogP contribution in [0.15, 0.2) is 45.5 Å². The molecule has 18 heavy (non-hydrogen) atoms. The SMILES string of the molecule is FC(F)Oc1cccc(NCc2ccc(Br)o2)c1. The highest BCUT2D eigenvalue weighted by molar-refractivity contribution is 9.10. The van der Waals surface area contributed by atoms with Crippen molar-refractivity contribution in [1.29, 1.82) is 0 Å². The maximum atomic E-state index is 12.0. The summed E-state index contributed by atoms with van der Waals surface area (Å²) < 4.78 is 34.3. The number of ether oxygens (including phenoxy) is 1. The predicted octanol–water partition coefficient (Wildman–Crippen LogP) is 4.26. The van der Waals surface area contributed by atoms with Crippen molar-refractivity contribution in [2.75, 3.05) is 5.32 Å². The minimum absolute atomic E-state index is 0.121. The van der Waals surface area contributed by atoms with Crippen LogP contribution in [0.5, 0.6) is 5.75 Å². The van der Waals surface area contributed by atoms with E-state index < -0.39 is 6.61 Å². The van der Waals surface area contributed by atoms with Crippen LogP contribution in [-0.2, 0) is 6.54 Å². The highest BCUT2D eigenvalue weighted by atomic mass is 79.9. The number of nitrogens with one attached hydrogen (secondary N) is 1. The highest BCUT2D eigenvalue weighted by Gasteiger charge is 2.05. The van der Waals surface area contributed by atoms with E-state index in [1.54, 1.807) is 18.2 Å². The topological polar surface area (TPSA) is 34.4 Å². The third-order valence-corrected chi connectivity index (χ3v) is 2.58. The van der Waals surface area contributed by atoms with Gasteiger partial charge in [-0.15, -0.1) is 0 Å². The molecule has 0 unspecified atom stereocenters. The first-order valence-corrected chi connectivity index (χ1v) is 5.96. The largest absolute Gasteiger partial charge is 0.452 e. The Hall–Kier alpha value is -1.56. The standard InChI is InChI=1S/C12H10BrF2NO2/c13-11-5-4-10(17-11)7-16-8-2-1-3-9(6-8)18-12(14)15/h1-6,12,16H,7H2. The van der Waals surface area contributed by atoms with Gasteiger partial charge in [-0.2, -0.15) is 8.78 Å². The molecule has 0 aliphatic heterocycles. The summed E-state index contributed by atoms with van der Waals surface area (Å²) in [7, 11) is 0. The fourth-order valence-electron chi connectivity index (χ4n) is 1.42. The van der Waals surface area contributed by atoms with Gasteiger partial charge >= 0.3 is 6.61 Å². The van der Waals surface area contributed by atoms with Crippen LogP contribution in [0.25, 0.3) is 0 Å². The van der Waals surface area contributed by atoms with Crippen LogP contribution in [0.3, 0.4) is 0 Å². The van der Waals surface area contributed by atoms with Gasteiger partial charge in [0.15, 0.2) is 4.67 Å². The van der Waals surface area contributed by atoms with Crippen LogP contribution < -0.4 is 10.1 Å². The maximum Gasteiger partial charge on any atom is 0.387 e. The number of anilines is 1. The molecule has 1 heterocycles. The van der Waals surface area contributed by atoms with Crippen molar-refractivity contribution in [1.82, 2.24) is 0 Å². The Labute approximate surface area is 111 Å². The zero-order valence-corrected chi connectivity index (χ0v) is 10.8. The number of rotatable bonds is 5. The molecule has 3 nitrogen and oxygen atoms in total. The van der Waals surface area contributed by atoms with Gasteiger partial charge in [0.1, 0.15) is 11.5 Å². The summed E-state index contributed by atoms with van der Waals surface area (Å²) in [6.07, 6.45) is 0. The molecule has 0 fully saturated rings. The lowest BCUT2D eigenvalue weighted by Gasteiger charge is -2.08. The van der Waals surface area contributed by atoms with Gasteiger partial charge < -0.3 is 14.5 Å². The first-order valence-electron chi connectivity index (χ1n) is 5.16. The molecule has 0 radical (unpaired) electrons. The Morgan fingerprint density at radius 1 is 1.28 bits per heavy atom. The molecule has 0 amide bonds. The Balaban J connectivity index is 1.96. The maximum absolute atomic E-state index is 12.0. The third-order valence-electron chi connectivity index (χ3n) is 2.15. The van der Waals surface area contributed by atoms with Gasteiger partial charge in [0.2, 0.25) is 0 Å². The lowest BCUT2D eigenvalue weighted by Crippen LogP contribution is -2.03. The number of hydrogen-bond acceptors (Lipinski definition) is 3. The highest BCUT2D eigenvalue weighted by Crippen LogP contribution is 2.20. The molecule has 0 atom stereocenters. The van der Waals surface area contributed by atoms with Crippen molar-refractivity contribution in [2.24, 2.45) is 0 Å². The molecule has 0 saturated carbocycles. The summed E-state index contributed by atoms with van der Waals surface area (Å²) in [4.78, 5) is 0. The first-order chi connectivity index (χ1) is 8.63. The third kappa shape index (κ3) is 3.73. The van der Waals surface area contributed by atoms with Gasteiger partial charge in [-0.25, -0.2) is 0 Å². The van der Waals surface area contributed by atoms with E-state index in [2.05, 4.69) is 26.0 Å². The second-order valence-electron chi connectivity index (χ2n) is 3.47. The molecule has 1 N–H and O–H groups in total. The zero-order valence-electron chi connectivity index (χ0n) is 9.20. The predicted molar refractivity (Wildman–Crippen MR) is 66.8 cm³/mol. The van der Waals surface area contributed by atoms with E-state index in [1.807, 2.05) is 6.07 Å². The second-order valence-corrected chi connectivity index (χ2v) is 4.25. The van der Waals surface area contributed by atoms with Gasteiger partial charge in [-0.1, -0.05) is 6.07 Å².